The number of anilines is 1. The first-order valence-electron chi connectivity index (χ1n) is 5.70. The summed E-state index contributed by atoms with van der Waals surface area (Å²) in [5.41, 5.74) is 6.99. The van der Waals surface area contributed by atoms with Crippen LogP contribution >= 0.6 is 22.6 Å². The third-order valence-electron chi connectivity index (χ3n) is 2.50. The highest BCUT2D eigenvalue weighted by molar-refractivity contribution is 14.1. The van der Waals surface area contributed by atoms with Crippen molar-refractivity contribution in [1.29, 1.82) is 5.26 Å². The summed E-state index contributed by atoms with van der Waals surface area (Å²) >= 11 is 2.15. The fraction of sp³-hybridized carbons (Fsp3) is 0.462. The van der Waals surface area contributed by atoms with Crippen molar-refractivity contribution in [3.8, 4) is 11.8 Å². The van der Waals surface area contributed by atoms with E-state index in [1.165, 1.54) is 0 Å². The molecule has 0 heterocycles. The quantitative estimate of drug-likeness (QED) is 0.656. The minimum atomic E-state index is 0.519. The van der Waals surface area contributed by atoms with Gasteiger partial charge in [-0.1, -0.05) is 20.3 Å². The molecule has 0 saturated carbocycles. The lowest BCUT2D eigenvalue weighted by atomic mass is 10.1. The van der Waals surface area contributed by atoms with Crippen LogP contribution in [0.25, 0.3) is 0 Å². The number of nitriles is 1. The number of nitrogens with two attached hydrogens (primary N) is 1. The lowest BCUT2D eigenvalue weighted by Gasteiger charge is -2.15. The van der Waals surface area contributed by atoms with E-state index in [-0.39, 0.29) is 0 Å². The Kier molecular flexibility index (Phi) is 5.56. The molecule has 0 bridgehead atoms. The molecule has 1 atom stereocenters. The summed E-state index contributed by atoms with van der Waals surface area (Å²) in [6.45, 7) is 4.99. The van der Waals surface area contributed by atoms with E-state index in [1.54, 1.807) is 12.1 Å². The van der Waals surface area contributed by atoms with Gasteiger partial charge in [0.2, 0.25) is 0 Å². The lowest BCUT2D eigenvalue weighted by Crippen LogP contribution is -2.10. The van der Waals surface area contributed by atoms with E-state index in [0.29, 0.717) is 29.5 Å². The molecule has 4 heteroatoms. The average Bonchev–Trinajstić information content (AvgIpc) is 2.28. The van der Waals surface area contributed by atoms with E-state index in [0.717, 1.165) is 16.4 Å². The second kappa shape index (κ2) is 6.70. The topological polar surface area (TPSA) is 59.0 Å². The van der Waals surface area contributed by atoms with Crippen LogP contribution in [0.4, 0.5) is 5.69 Å². The molecule has 0 aliphatic heterocycles. The SMILES string of the molecule is CCCC(C)COc1c(N)cc(C#N)cc1I. The summed E-state index contributed by atoms with van der Waals surface area (Å²) in [4.78, 5) is 0. The predicted molar refractivity (Wildman–Crippen MR) is 77.9 cm³/mol. The monoisotopic (exact) mass is 344 g/mol. The van der Waals surface area contributed by atoms with Crippen LogP contribution in [-0.4, -0.2) is 6.61 Å². The molecule has 0 radical (unpaired) electrons. The highest BCUT2D eigenvalue weighted by atomic mass is 127. The molecule has 0 aromatic heterocycles. The normalized spacial score (nSPS) is 11.9. The van der Waals surface area contributed by atoms with Crippen LogP contribution in [0.15, 0.2) is 12.1 Å². The Bertz CT molecular complexity index is 403. The van der Waals surface area contributed by atoms with Gasteiger partial charge in [-0.15, -0.1) is 0 Å². The summed E-state index contributed by atoms with van der Waals surface area (Å²) in [7, 11) is 0. The highest BCUT2D eigenvalue weighted by Crippen LogP contribution is 2.30. The van der Waals surface area contributed by atoms with Crippen LogP contribution in [0.5, 0.6) is 5.75 Å². The first kappa shape index (κ1) is 14.1. The Hall–Kier alpha value is -0.960. The van der Waals surface area contributed by atoms with Crippen LogP contribution in [0.3, 0.4) is 0 Å². The van der Waals surface area contributed by atoms with Gasteiger partial charge in [0, 0.05) is 0 Å². The van der Waals surface area contributed by atoms with Gasteiger partial charge in [0.15, 0.2) is 5.75 Å². The van der Waals surface area contributed by atoms with Gasteiger partial charge in [-0.25, -0.2) is 0 Å². The maximum absolute atomic E-state index is 8.82. The van der Waals surface area contributed by atoms with Gasteiger partial charge in [0.25, 0.3) is 0 Å². The molecule has 1 rings (SSSR count). The maximum atomic E-state index is 8.82. The van der Waals surface area contributed by atoms with Gasteiger partial charge in [0.05, 0.1) is 27.5 Å². The Morgan fingerprint density at radius 1 is 1.53 bits per heavy atom. The van der Waals surface area contributed by atoms with E-state index in [2.05, 4.69) is 42.5 Å². The maximum Gasteiger partial charge on any atom is 0.155 e. The molecule has 1 aromatic carbocycles. The molecule has 0 aliphatic carbocycles. The molecule has 1 unspecified atom stereocenters. The third-order valence-corrected chi connectivity index (χ3v) is 3.30. The molecular formula is C13H17IN2O. The average molecular weight is 344 g/mol. The van der Waals surface area contributed by atoms with Crippen LogP contribution in [0.1, 0.15) is 32.3 Å². The second-order valence-corrected chi connectivity index (χ2v) is 5.36. The first-order chi connectivity index (χ1) is 8.08. The molecule has 0 fully saturated rings. The number of ether oxygens (including phenoxy) is 1. The molecule has 0 saturated heterocycles. The lowest BCUT2D eigenvalue weighted by molar-refractivity contribution is 0.251. The Morgan fingerprint density at radius 3 is 2.76 bits per heavy atom. The van der Waals surface area contributed by atoms with Gasteiger partial charge >= 0.3 is 0 Å². The van der Waals surface area contributed by atoms with E-state index < -0.39 is 0 Å². The van der Waals surface area contributed by atoms with Gasteiger partial charge in [-0.3, -0.25) is 0 Å². The van der Waals surface area contributed by atoms with Gasteiger partial charge < -0.3 is 10.5 Å². The van der Waals surface area contributed by atoms with Crippen molar-refractivity contribution < 1.29 is 4.74 Å². The number of rotatable bonds is 5. The zero-order chi connectivity index (χ0) is 12.8. The molecule has 1 aromatic rings. The minimum absolute atomic E-state index is 0.519. The van der Waals surface area contributed by atoms with E-state index >= 15 is 0 Å². The molecule has 92 valence electrons. The summed E-state index contributed by atoms with van der Waals surface area (Å²) in [6, 6.07) is 5.52. The molecular weight excluding hydrogens is 327 g/mol. The van der Waals surface area contributed by atoms with Crippen LogP contribution < -0.4 is 10.5 Å². The van der Waals surface area contributed by atoms with Crippen LogP contribution in [-0.2, 0) is 0 Å². The van der Waals surface area contributed by atoms with Crippen molar-refractivity contribution >= 4 is 28.3 Å². The highest BCUT2D eigenvalue weighted by Gasteiger charge is 2.10. The predicted octanol–water partition coefficient (Wildman–Crippen LogP) is 3.56. The summed E-state index contributed by atoms with van der Waals surface area (Å²) < 4.78 is 6.63. The standard InChI is InChI=1S/C13H17IN2O/c1-3-4-9(2)8-17-13-11(14)5-10(7-15)6-12(13)16/h5-6,9H,3-4,8,16H2,1-2H3. The van der Waals surface area contributed by atoms with Gasteiger partial charge in [-0.2, -0.15) is 5.26 Å². The molecule has 0 aliphatic rings. The molecule has 2 N–H and O–H groups in total. The third kappa shape index (κ3) is 4.08. The fourth-order valence-corrected chi connectivity index (χ4v) is 2.44. The fourth-order valence-electron chi connectivity index (χ4n) is 1.63. The molecule has 3 nitrogen and oxygen atoms in total. The number of nitrogens with zero attached hydrogens (tertiary/aromatic N) is 1. The summed E-state index contributed by atoms with van der Waals surface area (Å²) in [6.07, 6.45) is 2.30. The van der Waals surface area contributed by atoms with E-state index in [9.17, 15) is 0 Å². The molecule has 0 spiro atoms. The molecule has 17 heavy (non-hydrogen) atoms. The second-order valence-electron chi connectivity index (χ2n) is 4.19. The number of halogens is 1. The summed E-state index contributed by atoms with van der Waals surface area (Å²) in [5, 5.41) is 8.82. The van der Waals surface area contributed by atoms with Crippen molar-refractivity contribution in [2.24, 2.45) is 5.92 Å². The zero-order valence-electron chi connectivity index (χ0n) is 10.2. The minimum Gasteiger partial charge on any atom is -0.490 e. The number of hydrogen-bond donors (Lipinski definition) is 1. The number of benzene rings is 1. The smallest absolute Gasteiger partial charge is 0.155 e. The van der Waals surface area contributed by atoms with Crippen molar-refractivity contribution in [3.05, 3.63) is 21.3 Å². The van der Waals surface area contributed by atoms with Crippen molar-refractivity contribution in [2.75, 3.05) is 12.3 Å². The van der Waals surface area contributed by atoms with E-state index in [4.69, 9.17) is 15.7 Å². The van der Waals surface area contributed by atoms with E-state index in [1.807, 2.05) is 0 Å². The number of hydrogen-bond acceptors (Lipinski definition) is 3. The van der Waals surface area contributed by atoms with Crippen molar-refractivity contribution in [1.82, 2.24) is 0 Å². The Labute approximate surface area is 116 Å². The van der Waals surface area contributed by atoms with Gasteiger partial charge in [-0.05, 0) is 47.1 Å². The van der Waals surface area contributed by atoms with Crippen molar-refractivity contribution in [3.63, 3.8) is 0 Å². The Balaban J connectivity index is 2.75. The van der Waals surface area contributed by atoms with Crippen molar-refractivity contribution in [2.45, 2.75) is 26.7 Å². The summed E-state index contributed by atoms with van der Waals surface area (Å²) in [5.74, 6) is 1.22. The van der Waals surface area contributed by atoms with Crippen LogP contribution in [0.2, 0.25) is 0 Å². The van der Waals surface area contributed by atoms with Crippen LogP contribution in [0, 0.1) is 20.8 Å². The first-order valence-corrected chi connectivity index (χ1v) is 6.78. The largest absolute Gasteiger partial charge is 0.490 e. The number of nitrogen functional groups attached to an aromatic ring is 1. The Morgan fingerprint density at radius 2 is 2.24 bits per heavy atom. The molecule has 0 amide bonds. The van der Waals surface area contributed by atoms with Gasteiger partial charge in [0.1, 0.15) is 0 Å². The zero-order valence-corrected chi connectivity index (χ0v) is 12.3.